The van der Waals surface area contributed by atoms with E-state index in [2.05, 4.69) is 16.7 Å². The van der Waals surface area contributed by atoms with E-state index in [9.17, 15) is 0 Å². The van der Waals surface area contributed by atoms with Crippen molar-refractivity contribution in [3.8, 4) is 0 Å². The normalized spacial score (nSPS) is 10.9. The molecule has 0 aliphatic rings. The van der Waals surface area contributed by atoms with Crippen LogP contribution in [0, 0.1) is 13.8 Å². The van der Waals surface area contributed by atoms with Gasteiger partial charge in [-0.1, -0.05) is 6.58 Å². The summed E-state index contributed by atoms with van der Waals surface area (Å²) < 4.78 is 1.57. The van der Waals surface area contributed by atoms with Crippen LogP contribution in [-0.2, 0) is 0 Å². The third-order valence-electron chi connectivity index (χ3n) is 1.68. The van der Waals surface area contributed by atoms with Crippen molar-refractivity contribution in [2.24, 2.45) is 16.6 Å². The Kier molecular flexibility index (Phi) is 2.36. The van der Waals surface area contributed by atoms with E-state index in [-0.39, 0.29) is 0 Å². The van der Waals surface area contributed by atoms with Gasteiger partial charge in [-0.2, -0.15) is 5.10 Å². The van der Waals surface area contributed by atoms with E-state index < -0.39 is 0 Å². The van der Waals surface area contributed by atoms with E-state index in [0.29, 0.717) is 11.4 Å². The van der Waals surface area contributed by atoms with Crippen LogP contribution in [0.1, 0.15) is 17.2 Å². The summed E-state index contributed by atoms with van der Waals surface area (Å²) in [6.45, 7) is 7.32. The summed E-state index contributed by atoms with van der Waals surface area (Å²) in [5.74, 6) is 0.737. The topological polar surface area (TPSA) is 82.2 Å². The molecule has 0 aliphatic heterocycles. The molecule has 0 aromatic carbocycles. The number of hydrogen-bond donors (Lipinski definition) is 2. The lowest BCUT2D eigenvalue weighted by atomic mass is 10.3. The first kappa shape index (κ1) is 9.31. The fraction of sp³-hybridized carbons (Fsp3) is 0.250. The van der Waals surface area contributed by atoms with Crippen LogP contribution in [0.15, 0.2) is 11.7 Å². The molecule has 70 valence electrons. The zero-order chi connectivity index (χ0) is 10.0. The molecule has 0 bridgehead atoms. The number of rotatable bonds is 2. The molecule has 5 heteroatoms. The van der Waals surface area contributed by atoms with E-state index in [1.807, 2.05) is 13.8 Å². The second-order valence-corrected chi connectivity index (χ2v) is 2.69. The molecule has 1 aromatic rings. The molecule has 0 fully saturated rings. The van der Waals surface area contributed by atoms with Crippen molar-refractivity contribution < 1.29 is 0 Å². The second kappa shape index (κ2) is 3.30. The van der Waals surface area contributed by atoms with Crippen LogP contribution in [0.25, 0.3) is 5.70 Å². The molecule has 0 saturated carbocycles. The molecule has 1 heterocycles. The highest BCUT2D eigenvalue weighted by Crippen LogP contribution is 2.14. The van der Waals surface area contributed by atoms with Gasteiger partial charge in [-0.05, 0) is 13.8 Å². The summed E-state index contributed by atoms with van der Waals surface area (Å²) >= 11 is 0. The number of nitrogens with two attached hydrogens (primary N) is 2. The molecule has 0 atom stereocenters. The van der Waals surface area contributed by atoms with Crippen molar-refractivity contribution >= 4 is 12.0 Å². The van der Waals surface area contributed by atoms with Gasteiger partial charge in [0.15, 0.2) is 0 Å². The van der Waals surface area contributed by atoms with Gasteiger partial charge in [0, 0.05) is 0 Å². The number of aryl methyl sites for hydroxylation is 2. The van der Waals surface area contributed by atoms with Crippen molar-refractivity contribution in [3.63, 3.8) is 0 Å². The van der Waals surface area contributed by atoms with Crippen molar-refractivity contribution in [1.29, 1.82) is 0 Å². The van der Waals surface area contributed by atoms with E-state index >= 15 is 0 Å². The number of hydrogen-bond acceptors (Lipinski definition) is 3. The van der Waals surface area contributed by atoms with Gasteiger partial charge in [0.2, 0.25) is 0 Å². The zero-order valence-electron chi connectivity index (χ0n) is 7.78. The van der Waals surface area contributed by atoms with Gasteiger partial charge < -0.3 is 11.5 Å². The Labute approximate surface area is 76.8 Å². The highest BCUT2D eigenvalue weighted by molar-refractivity contribution is 5.60. The Balaban J connectivity index is 3.37. The van der Waals surface area contributed by atoms with Gasteiger partial charge in [0.05, 0.1) is 11.4 Å². The number of aromatic nitrogens is 2. The van der Waals surface area contributed by atoms with Crippen molar-refractivity contribution in [2.75, 3.05) is 0 Å². The molecule has 0 amide bonds. The Morgan fingerprint density at radius 2 is 2.23 bits per heavy atom. The lowest BCUT2D eigenvalue weighted by molar-refractivity contribution is 0.817. The molecule has 0 saturated heterocycles. The Morgan fingerprint density at radius 3 is 2.69 bits per heavy atom. The first-order valence-corrected chi connectivity index (χ1v) is 3.83. The molecule has 1 aromatic heterocycles. The van der Waals surface area contributed by atoms with E-state index in [1.54, 1.807) is 4.68 Å². The molecular formula is C8H13N5. The van der Waals surface area contributed by atoms with Crippen LogP contribution in [-0.4, -0.2) is 16.0 Å². The highest BCUT2D eigenvalue weighted by atomic mass is 15.4. The summed E-state index contributed by atoms with van der Waals surface area (Å²) in [5, 5.41) is 3.91. The molecule has 0 spiro atoms. The fourth-order valence-corrected chi connectivity index (χ4v) is 1.23. The number of imidazole rings is 1. The van der Waals surface area contributed by atoms with Crippen molar-refractivity contribution in [2.45, 2.75) is 13.8 Å². The maximum atomic E-state index is 5.59. The SMILES string of the molecule is C=C(N)c1c(C)nc(C)n1/N=C\N. The van der Waals surface area contributed by atoms with Crippen LogP contribution < -0.4 is 11.5 Å². The monoisotopic (exact) mass is 179 g/mol. The van der Waals surface area contributed by atoms with Gasteiger partial charge in [0.25, 0.3) is 0 Å². The average molecular weight is 179 g/mol. The minimum atomic E-state index is 0.434. The summed E-state index contributed by atoms with van der Waals surface area (Å²) in [6.07, 6.45) is 1.20. The van der Waals surface area contributed by atoms with Crippen LogP contribution in [0.5, 0.6) is 0 Å². The predicted octanol–water partition coefficient (Wildman–Crippen LogP) is 0.179. The molecule has 13 heavy (non-hydrogen) atoms. The van der Waals surface area contributed by atoms with Crippen molar-refractivity contribution in [3.05, 3.63) is 23.8 Å². The third-order valence-corrected chi connectivity index (χ3v) is 1.68. The highest BCUT2D eigenvalue weighted by Gasteiger charge is 2.11. The molecule has 0 unspecified atom stereocenters. The minimum Gasteiger partial charge on any atom is -0.397 e. The zero-order valence-corrected chi connectivity index (χ0v) is 7.78. The van der Waals surface area contributed by atoms with Gasteiger partial charge in [-0.25, -0.2) is 9.66 Å². The lowest BCUT2D eigenvalue weighted by Crippen LogP contribution is -2.05. The first-order chi connectivity index (χ1) is 6.07. The molecule has 0 aliphatic carbocycles. The fourth-order valence-electron chi connectivity index (χ4n) is 1.23. The maximum Gasteiger partial charge on any atom is 0.128 e. The largest absolute Gasteiger partial charge is 0.397 e. The predicted molar refractivity (Wildman–Crippen MR) is 53.0 cm³/mol. The summed E-state index contributed by atoms with van der Waals surface area (Å²) in [7, 11) is 0. The molecule has 0 radical (unpaired) electrons. The molecular weight excluding hydrogens is 166 g/mol. The van der Waals surface area contributed by atoms with Crippen LogP contribution in [0.4, 0.5) is 0 Å². The van der Waals surface area contributed by atoms with Crippen LogP contribution in [0.3, 0.4) is 0 Å². The van der Waals surface area contributed by atoms with Gasteiger partial charge in [-0.3, -0.25) is 0 Å². The minimum absolute atomic E-state index is 0.434. The van der Waals surface area contributed by atoms with E-state index in [0.717, 1.165) is 11.5 Å². The summed E-state index contributed by atoms with van der Waals surface area (Å²) in [5.41, 5.74) is 12.7. The van der Waals surface area contributed by atoms with Crippen LogP contribution in [0.2, 0.25) is 0 Å². The average Bonchev–Trinajstić information content (AvgIpc) is 2.27. The Hall–Kier alpha value is -1.78. The smallest absolute Gasteiger partial charge is 0.128 e. The van der Waals surface area contributed by atoms with Crippen molar-refractivity contribution in [1.82, 2.24) is 9.66 Å². The summed E-state index contributed by atoms with van der Waals surface area (Å²) in [4.78, 5) is 4.20. The molecule has 1 rings (SSSR count). The van der Waals surface area contributed by atoms with E-state index in [1.165, 1.54) is 6.34 Å². The van der Waals surface area contributed by atoms with Gasteiger partial charge >= 0.3 is 0 Å². The second-order valence-electron chi connectivity index (χ2n) is 2.69. The number of nitrogens with zero attached hydrogens (tertiary/aromatic N) is 3. The Morgan fingerprint density at radius 1 is 1.62 bits per heavy atom. The first-order valence-electron chi connectivity index (χ1n) is 3.83. The standard InChI is InChI=1S/C8H13N5/c1-5(10)8-6(2)12-7(3)13(8)11-4-9/h4H,1,10H2,2-3H3,(H2,9,11). The lowest BCUT2D eigenvalue weighted by Gasteiger charge is -2.02. The summed E-state index contributed by atoms with van der Waals surface area (Å²) in [6, 6.07) is 0. The Bertz CT molecular complexity index is 361. The van der Waals surface area contributed by atoms with Gasteiger partial charge in [0.1, 0.15) is 17.9 Å². The van der Waals surface area contributed by atoms with Crippen LogP contribution >= 0.6 is 0 Å². The molecule has 5 nitrogen and oxygen atoms in total. The maximum absolute atomic E-state index is 5.59. The quantitative estimate of drug-likeness (QED) is 0.502. The molecule has 4 N–H and O–H groups in total. The third kappa shape index (κ3) is 1.53. The van der Waals surface area contributed by atoms with Gasteiger partial charge in [-0.15, -0.1) is 0 Å². The van der Waals surface area contributed by atoms with E-state index in [4.69, 9.17) is 11.5 Å².